The minimum absolute atomic E-state index is 0.0420. The summed E-state index contributed by atoms with van der Waals surface area (Å²) in [6, 6.07) is 22.1. The number of unbranched alkanes of at least 4 members (excludes halogenated alkanes) is 1. The molecule has 3 aromatic rings. The molecule has 0 spiro atoms. The van der Waals surface area contributed by atoms with Gasteiger partial charge in [0.15, 0.2) is 0 Å². The van der Waals surface area contributed by atoms with Crippen LogP contribution in [0, 0.1) is 13.8 Å². The van der Waals surface area contributed by atoms with E-state index in [4.69, 9.17) is 4.74 Å². The monoisotopic (exact) mass is 501 g/mol. The van der Waals surface area contributed by atoms with Crippen LogP contribution in [0.4, 0.5) is 0 Å². The fourth-order valence-corrected chi connectivity index (χ4v) is 6.34. The predicted molar refractivity (Wildman–Crippen MR) is 160 cm³/mol. The third-order valence-electron chi connectivity index (χ3n) is 6.88. The van der Waals surface area contributed by atoms with Crippen LogP contribution in [0.1, 0.15) is 87.3 Å². The molecule has 0 radical (unpaired) electrons. The van der Waals surface area contributed by atoms with Crippen molar-refractivity contribution in [3.05, 3.63) is 94.0 Å². The van der Waals surface area contributed by atoms with Crippen molar-refractivity contribution >= 4 is 20.1 Å². The van der Waals surface area contributed by atoms with Crippen molar-refractivity contribution in [1.82, 2.24) is 0 Å². The van der Waals surface area contributed by atoms with Gasteiger partial charge >= 0.3 is 0 Å². The van der Waals surface area contributed by atoms with Gasteiger partial charge < -0.3 is 4.74 Å². The van der Waals surface area contributed by atoms with E-state index in [1.54, 1.807) is 0 Å². The summed E-state index contributed by atoms with van der Waals surface area (Å²) in [5.41, 5.74) is 7.69. The molecule has 2 unspecified atom stereocenters. The summed E-state index contributed by atoms with van der Waals surface area (Å²) < 4.78 is 6.66. The highest BCUT2D eigenvalue weighted by molar-refractivity contribution is 7.48. The summed E-state index contributed by atoms with van der Waals surface area (Å²) >= 11 is 0. The van der Waals surface area contributed by atoms with Crippen LogP contribution in [0.15, 0.2) is 65.7 Å². The van der Waals surface area contributed by atoms with Gasteiger partial charge in [0.2, 0.25) is 0 Å². The Morgan fingerprint density at radius 2 is 1.67 bits per heavy atom. The maximum absolute atomic E-state index is 6.66. The zero-order valence-corrected chi connectivity index (χ0v) is 24.5. The molecule has 2 nitrogen and oxygen atoms in total. The van der Waals surface area contributed by atoms with Gasteiger partial charge in [-0.15, -0.1) is 0 Å². The Bertz CT molecular complexity index is 1180. The molecule has 0 aliphatic rings. The fourth-order valence-electron chi connectivity index (χ4n) is 4.67. The van der Waals surface area contributed by atoms with Gasteiger partial charge in [0.25, 0.3) is 0 Å². The van der Waals surface area contributed by atoms with E-state index in [0.29, 0.717) is 15.2 Å². The number of hydrogen-bond donors (Lipinski definition) is 0. The molecule has 0 saturated carbocycles. The summed E-state index contributed by atoms with van der Waals surface area (Å²) in [4.78, 5) is 4.37. The summed E-state index contributed by atoms with van der Waals surface area (Å²) in [5, 5.41) is 1.33. The Kier molecular flexibility index (Phi) is 9.53. The van der Waals surface area contributed by atoms with Crippen LogP contribution in [0.2, 0.25) is 0 Å². The molecule has 2 atom stereocenters. The van der Waals surface area contributed by atoms with E-state index in [1.165, 1.54) is 51.5 Å². The van der Waals surface area contributed by atoms with Gasteiger partial charge in [-0.3, -0.25) is 4.99 Å². The SMILES string of the molecule is CCCCC(C)(Pc1ccc(C)cc1/C=N/C)c1cc(C(C)(C)C)cc(C)c1OCc1ccccc1. The Hall–Kier alpha value is -2.44. The molecule has 192 valence electrons. The van der Waals surface area contributed by atoms with E-state index < -0.39 is 0 Å². The number of aryl methyl sites for hydroxylation is 2. The number of nitrogens with zero attached hydrogens (tertiary/aromatic N) is 1. The number of benzene rings is 3. The van der Waals surface area contributed by atoms with Gasteiger partial charge in [0.1, 0.15) is 12.4 Å². The van der Waals surface area contributed by atoms with E-state index in [0.717, 1.165) is 12.2 Å². The molecule has 0 saturated heterocycles. The first-order valence-electron chi connectivity index (χ1n) is 13.2. The largest absolute Gasteiger partial charge is 0.488 e. The Labute approximate surface area is 221 Å². The molecule has 0 aliphatic heterocycles. The second-order valence-electron chi connectivity index (χ2n) is 11.2. The van der Waals surface area contributed by atoms with Crippen LogP contribution in [-0.2, 0) is 17.2 Å². The molecule has 0 N–H and O–H groups in total. The van der Waals surface area contributed by atoms with Crippen molar-refractivity contribution in [3.8, 4) is 5.75 Å². The van der Waals surface area contributed by atoms with E-state index in [9.17, 15) is 0 Å². The first-order valence-corrected chi connectivity index (χ1v) is 14.2. The van der Waals surface area contributed by atoms with Crippen molar-refractivity contribution in [3.63, 3.8) is 0 Å². The van der Waals surface area contributed by atoms with Crippen molar-refractivity contribution in [1.29, 1.82) is 0 Å². The van der Waals surface area contributed by atoms with Gasteiger partial charge in [0.05, 0.1) is 0 Å². The molecule has 0 fully saturated rings. The Morgan fingerprint density at radius 3 is 2.31 bits per heavy atom. The molecule has 36 heavy (non-hydrogen) atoms. The second-order valence-corrected chi connectivity index (χ2v) is 13.1. The minimum atomic E-state index is -0.0420. The van der Waals surface area contributed by atoms with Gasteiger partial charge in [-0.1, -0.05) is 116 Å². The lowest BCUT2D eigenvalue weighted by atomic mass is 9.82. The lowest BCUT2D eigenvalue weighted by Crippen LogP contribution is -2.24. The third-order valence-corrected chi connectivity index (χ3v) is 8.67. The van der Waals surface area contributed by atoms with Gasteiger partial charge in [-0.05, 0) is 59.3 Å². The van der Waals surface area contributed by atoms with Crippen LogP contribution in [0.5, 0.6) is 5.75 Å². The number of rotatable bonds is 10. The third kappa shape index (κ3) is 7.07. The average molecular weight is 502 g/mol. The van der Waals surface area contributed by atoms with Crippen LogP contribution < -0.4 is 10.0 Å². The zero-order chi connectivity index (χ0) is 26.3. The topological polar surface area (TPSA) is 21.6 Å². The van der Waals surface area contributed by atoms with Crippen LogP contribution >= 0.6 is 8.58 Å². The molecule has 0 aromatic heterocycles. The first-order chi connectivity index (χ1) is 17.1. The van der Waals surface area contributed by atoms with E-state index >= 15 is 0 Å². The quantitative estimate of drug-likeness (QED) is 0.201. The summed E-state index contributed by atoms with van der Waals surface area (Å²) in [6.07, 6.45) is 5.49. The van der Waals surface area contributed by atoms with Crippen LogP contribution in [0.3, 0.4) is 0 Å². The summed E-state index contributed by atoms with van der Waals surface area (Å²) in [7, 11) is 2.47. The molecular formula is C33H44NOP. The number of ether oxygens (including phenoxy) is 1. The fraction of sp³-hybridized carbons (Fsp3) is 0.424. The smallest absolute Gasteiger partial charge is 0.126 e. The summed E-state index contributed by atoms with van der Waals surface area (Å²) in [6.45, 7) is 16.6. The number of aliphatic imine (C=N–C) groups is 1. The van der Waals surface area contributed by atoms with Crippen molar-refractivity contribution in [2.45, 2.75) is 84.9 Å². The highest BCUT2D eigenvalue weighted by Crippen LogP contribution is 2.50. The van der Waals surface area contributed by atoms with E-state index in [-0.39, 0.29) is 10.6 Å². The standard InChI is InChI=1S/C33H44NOP/c1-9-10-18-33(7,36-30-17-16-24(2)19-27(30)22-34-8)29-21-28(32(4,5)6)20-25(3)31(29)35-23-26-14-12-11-13-15-26/h11-17,19-22,36H,9-10,18,23H2,1-8H3/b34-22+. The van der Waals surface area contributed by atoms with Crippen LogP contribution in [-0.4, -0.2) is 13.3 Å². The molecule has 0 heterocycles. The number of hydrogen-bond acceptors (Lipinski definition) is 2. The highest BCUT2D eigenvalue weighted by atomic mass is 31.1. The summed E-state index contributed by atoms with van der Waals surface area (Å²) in [5.74, 6) is 1.05. The zero-order valence-electron chi connectivity index (χ0n) is 23.5. The maximum atomic E-state index is 6.66. The second kappa shape index (κ2) is 12.2. The Balaban J connectivity index is 2.16. The van der Waals surface area contributed by atoms with Crippen molar-refractivity contribution in [2.24, 2.45) is 4.99 Å². The van der Waals surface area contributed by atoms with Crippen LogP contribution in [0.25, 0.3) is 0 Å². The van der Waals surface area contributed by atoms with Gasteiger partial charge in [0, 0.05) is 24.0 Å². The van der Waals surface area contributed by atoms with Gasteiger partial charge in [-0.25, -0.2) is 0 Å². The molecule has 0 amide bonds. The lowest BCUT2D eigenvalue weighted by molar-refractivity contribution is 0.296. The molecule has 3 heteroatoms. The molecule has 0 aliphatic carbocycles. The highest BCUT2D eigenvalue weighted by Gasteiger charge is 2.33. The molecule has 3 aromatic carbocycles. The van der Waals surface area contributed by atoms with Crippen molar-refractivity contribution < 1.29 is 4.74 Å². The molecular weight excluding hydrogens is 457 g/mol. The van der Waals surface area contributed by atoms with E-state index in [2.05, 4.69) is 114 Å². The first kappa shape index (κ1) is 28.1. The molecule has 0 bridgehead atoms. The van der Waals surface area contributed by atoms with Gasteiger partial charge in [-0.2, -0.15) is 0 Å². The normalized spacial score (nSPS) is 14.0. The predicted octanol–water partition coefficient (Wildman–Crippen LogP) is 8.64. The van der Waals surface area contributed by atoms with E-state index in [1.807, 2.05) is 13.3 Å². The average Bonchev–Trinajstić information content (AvgIpc) is 2.83. The lowest BCUT2D eigenvalue weighted by Gasteiger charge is -2.35. The molecule has 3 rings (SSSR count). The maximum Gasteiger partial charge on any atom is 0.126 e. The minimum Gasteiger partial charge on any atom is -0.488 e. The van der Waals surface area contributed by atoms with Crippen molar-refractivity contribution in [2.75, 3.05) is 7.05 Å². The Morgan fingerprint density at radius 1 is 0.944 bits per heavy atom.